The standard InChI is InChI=1S/C21H20N2O4/c1-3-14-9-11-16(12-10-14)23-20(25)17(19(24)22-21(23)26)13-15-7-5-6-8-18(15)27-4-2/h5-13H,3-4H2,1-2H3,(H,22,24,26)/b17-13-. The molecule has 6 heteroatoms. The summed E-state index contributed by atoms with van der Waals surface area (Å²) in [5.41, 5.74) is 1.96. The van der Waals surface area contributed by atoms with Gasteiger partial charge in [-0.3, -0.25) is 14.9 Å². The molecule has 1 saturated heterocycles. The Hall–Kier alpha value is -3.41. The lowest BCUT2D eigenvalue weighted by Crippen LogP contribution is -2.54. The van der Waals surface area contributed by atoms with Crippen LogP contribution in [0.5, 0.6) is 5.75 Å². The molecule has 1 fully saturated rings. The zero-order valence-electron chi connectivity index (χ0n) is 15.2. The first kappa shape index (κ1) is 18.4. The number of urea groups is 1. The van der Waals surface area contributed by atoms with Gasteiger partial charge in [-0.1, -0.05) is 37.3 Å². The number of anilines is 1. The number of nitrogens with zero attached hydrogens (tertiary/aromatic N) is 1. The van der Waals surface area contributed by atoms with E-state index < -0.39 is 17.8 Å². The Labute approximate surface area is 157 Å². The molecule has 138 valence electrons. The van der Waals surface area contributed by atoms with Crippen LogP contribution in [0.4, 0.5) is 10.5 Å². The Morgan fingerprint density at radius 2 is 1.70 bits per heavy atom. The maximum absolute atomic E-state index is 12.9. The molecule has 0 spiro atoms. The normalized spacial score (nSPS) is 15.9. The molecule has 2 aromatic carbocycles. The van der Waals surface area contributed by atoms with Crippen LogP contribution in [0.15, 0.2) is 54.1 Å². The smallest absolute Gasteiger partial charge is 0.335 e. The van der Waals surface area contributed by atoms with E-state index in [-0.39, 0.29) is 5.57 Å². The maximum Gasteiger partial charge on any atom is 0.335 e. The number of hydrogen-bond donors (Lipinski definition) is 1. The van der Waals surface area contributed by atoms with Gasteiger partial charge in [-0.2, -0.15) is 0 Å². The monoisotopic (exact) mass is 364 g/mol. The fourth-order valence-corrected chi connectivity index (χ4v) is 2.81. The first-order chi connectivity index (χ1) is 13.0. The second-order valence-electron chi connectivity index (χ2n) is 5.95. The number of imide groups is 2. The van der Waals surface area contributed by atoms with Crippen molar-refractivity contribution in [3.8, 4) is 5.75 Å². The number of amides is 4. The summed E-state index contributed by atoms with van der Waals surface area (Å²) in [6.07, 6.45) is 2.29. The van der Waals surface area contributed by atoms with Crippen LogP contribution in [0.3, 0.4) is 0 Å². The zero-order chi connectivity index (χ0) is 19.4. The molecular weight excluding hydrogens is 344 g/mol. The van der Waals surface area contributed by atoms with Gasteiger partial charge in [0.15, 0.2) is 0 Å². The highest BCUT2D eigenvalue weighted by atomic mass is 16.5. The number of rotatable bonds is 5. The second-order valence-corrected chi connectivity index (χ2v) is 5.95. The average molecular weight is 364 g/mol. The lowest BCUT2D eigenvalue weighted by atomic mass is 10.1. The van der Waals surface area contributed by atoms with Gasteiger partial charge in [0.2, 0.25) is 0 Å². The molecule has 1 N–H and O–H groups in total. The first-order valence-electron chi connectivity index (χ1n) is 8.77. The SMILES string of the molecule is CCOc1ccccc1/C=C1/C(=O)NC(=O)N(c2ccc(CC)cc2)C1=O. The summed E-state index contributed by atoms with van der Waals surface area (Å²) < 4.78 is 5.54. The predicted octanol–water partition coefficient (Wildman–Crippen LogP) is 3.31. The molecule has 6 nitrogen and oxygen atoms in total. The van der Waals surface area contributed by atoms with Gasteiger partial charge < -0.3 is 4.74 Å². The molecule has 0 aromatic heterocycles. The van der Waals surface area contributed by atoms with Crippen molar-refractivity contribution in [1.82, 2.24) is 5.32 Å². The van der Waals surface area contributed by atoms with E-state index in [0.29, 0.717) is 23.6 Å². The van der Waals surface area contributed by atoms with Gasteiger partial charge in [-0.25, -0.2) is 9.69 Å². The number of carbonyl (C=O) groups excluding carboxylic acids is 3. The van der Waals surface area contributed by atoms with Crippen molar-refractivity contribution in [3.05, 3.63) is 65.2 Å². The van der Waals surface area contributed by atoms with Gasteiger partial charge in [-0.15, -0.1) is 0 Å². The Kier molecular flexibility index (Phi) is 5.35. The van der Waals surface area contributed by atoms with Crippen LogP contribution in [0.25, 0.3) is 6.08 Å². The number of carbonyl (C=O) groups is 3. The van der Waals surface area contributed by atoms with Crippen LogP contribution in [0, 0.1) is 0 Å². The van der Waals surface area contributed by atoms with E-state index in [4.69, 9.17) is 4.74 Å². The van der Waals surface area contributed by atoms with Crippen LogP contribution in [0.2, 0.25) is 0 Å². The van der Waals surface area contributed by atoms with E-state index >= 15 is 0 Å². The largest absolute Gasteiger partial charge is 0.493 e. The summed E-state index contributed by atoms with van der Waals surface area (Å²) in [5.74, 6) is -0.833. The Bertz CT molecular complexity index is 916. The predicted molar refractivity (Wildman–Crippen MR) is 102 cm³/mol. The van der Waals surface area contributed by atoms with Crippen molar-refractivity contribution < 1.29 is 19.1 Å². The van der Waals surface area contributed by atoms with Gasteiger partial charge in [0.25, 0.3) is 11.8 Å². The van der Waals surface area contributed by atoms with E-state index in [1.165, 1.54) is 6.08 Å². The highest BCUT2D eigenvalue weighted by molar-refractivity contribution is 6.39. The Morgan fingerprint density at radius 1 is 1.00 bits per heavy atom. The van der Waals surface area contributed by atoms with Crippen LogP contribution in [-0.2, 0) is 16.0 Å². The third-order valence-electron chi connectivity index (χ3n) is 4.22. The number of ether oxygens (including phenoxy) is 1. The average Bonchev–Trinajstić information content (AvgIpc) is 2.67. The number of para-hydroxylation sites is 1. The van der Waals surface area contributed by atoms with Gasteiger partial charge in [0, 0.05) is 5.56 Å². The van der Waals surface area contributed by atoms with Crippen molar-refractivity contribution in [2.75, 3.05) is 11.5 Å². The summed E-state index contributed by atoms with van der Waals surface area (Å²) in [6, 6.07) is 13.4. The minimum absolute atomic E-state index is 0.124. The maximum atomic E-state index is 12.9. The van der Waals surface area contributed by atoms with E-state index in [9.17, 15) is 14.4 Å². The van der Waals surface area contributed by atoms with Crippen LogP contribution in [0.1, 0.15) is 25.0 Å². The second kappa shape index (κ2) is 7.86. The van der Waals surface area contributed by atoms with E-state index in [1.807, 2.05) is 26.0 Å². The molecular formula is C21H20N2O4. The molecule has 0 unspecified atom stereocenters. The van der Waals surface area contributed by atoms with Crippen molar-refractivity contribution in [3.63, 3.8) is 0 Å². The summed E-state index contributed by atoms with van der Waals surface area (Å²) >= 11 is 0. The van der Waals surface area contributed by atoms with Crippen LogP contribution >= 0.6 is 0 Å². The molecule has 0 atom stereocenters. The summed E-state index contributed by atoms with van der Waals surface area (Å²) in [5, 5.41) is 2.23. The van der Waals surface area contributed by atoms with Crippen LogP contribution in [-0.4, -0.2) is 24.5 Å². The van der Waals surface area contributed by atoms with Gasteiger partial charge in [0.05, 0.1) is 12.3 Å². The van der Waals surface area contributed by atoms with Gasteiger partial charge >= 0.3 is 6.03 Å². The quantitative estimate of drug-likeness (QED) is 0.652. The van der Waals surface area contributed by atoms with Crippen molar-refractivity contribution >= 4 is 29.6 Å². The highest BCUT2D eigenvalue weighted by Gasteiger charge is 2.36. The number of nitrogens with one attached hydrogen (secondary N) is 1. The molecule has 0 radical (unpaired) electrons. The molecule has 1 aliphatic rings. The van der Waals surface area contributed by atoms with Crippen molar-refractivity contribution in [1.29, 1.82) is 0 Å². The van der Waals surface area contributed by atoms with Crippen LogP contribution < -0.4 is 15.0 Å². The van der Waals surface area contributed by atoms with Gasteiger partial charge in [-0.05, 0) is 43.2 Å². The molecule has 1 aliphatic heterocycles. The Morgan fingerprint density at radius 3 is 2.37 bits per heavy atom. The number of hydrogen-bond acceptors (Lipinski definition) is 4. The van der Waals surface area contributed by atoms with Gasteiger partial charge in [0.1, 0.15) is 11.3 Å². The minimum Gasteiger partial charge on any atom is -0.493 e. The Balaban J connectivity index is 1.99. The van der Waals surface area contributed by atoms with Crippen molar-refractivity contribution in [2.24, 2.45) is 0 Å². The molecule has 3 rings (SSSR count). The molecule has 27 heavy (non-hydrogen) atoms. The number of barbiturate groups is 1. The summed E-state index contributed by atoms with van der Waals surface area (Å²) in [7, 11) is 0. The third kappa shape index (κ3) is 3.74. The third-order valence-corrected chi connectivity index (χ3v) is 4.22. The summed E-state index contributed by atoms with van der Waals surface area (Å²) in [6.45, 7) is 4.32. The number of benzene rings is 2. The molecule has 2 aromatic rings. The lowest BCUT2D eigenvalue weighted by molar-refractivity contribution is -0.122. The zero-order valence-corrected chi connectivity index (χ0v) is 15.2. The highest BCUT2D eigenvalue weighted by Crippen LogP contribution is 2.25. The van der Waals surface area contributed by atoms with Crippen molar-refractivity contribution in [2.45, 2.75) is 20.3 Å². The fraction of sp³-hybridized carbons (Fsp3) is 0.190. The number of aryl methyl sites for hydroxylation is 1. The minimum atomic E-state index is -0.760. The molecule has 0 saturated carbocycles. The molecule has 0 bridgehead atoms. The first-order valence-corrected chi connectivity index (χ1v) is 8.77. The van der Waals surface area contributed by atoms with E-state index in [0.717, 1.165) is 16.9 Å². The lowest BCUT2D eigenvalue weighted by Gasteiger charge is -2.26. The summed E-state index contributed by atoms with van der Waals surface area (Å²) in [4.78, 5) is 38.4. The molecule has 4 amide bonds. The van der Waals surface area contributed by atoms with E-state index in [1.54, 1.807) is 36.4 Å². The van der Waals surface area contributed by atoms with E-state index in [2.05, 4.69) is 5.32 Å². The molecule has 0 aliphatic carbocycles. The molecule has 1 heterocycles. The fourth-order valence-electron chi connectivity index (χ4n) is 2.81. The topological polar surface area (TPSA) is 75.7 Å².